The minimum atomic E-state index is 0.359. The van der Waals surface area contributed by atoms with Crippen LogP contribution in [-0.2, 0) is 13.0 Å². The summed E-state index contributed by atoms with van der Waals surface area (Å²) in [4.78, 5) is 1.07. The molecule has 16 heavy (non-hydrogen) atoms. The number of nitriles is 1. The lowest BCUT2D eigenvalue weighted by Crippen LogP contribution is -1.95. The molecule has 2 rings (SSSR count). The van der Waals surface area contributed by atoms with Gasteiger partial charge in [-0.2, -0.15) is 10.4 Å². The van der Waals surface area contributed by atoms with Crippen molar-refractivity contribution < 1.29 is 0 Å². The Bertz CT molecular complexity index is 552. The largest absolute Gasteiger partial charge is 0.260 e. The Labute approximate surface area is 98.0 Å². The fraction of sp³-hybridized carbons (Fsp3) is 0.167. The van der Waals surface area contributed by atoms with Crippen LogP contribution in [0.1, 0.15) is 5.56 Å². The van der Waals surface area contributed by atoms with E-state index in [1.54, 1.807) is 16.0 Å². The zero-order valence-corrected chi connectivity index (χ0v) is 9.37. The van der Waals surface area contributed by atoms with Crippen LogP contribution in [0.4, 0.5) is 0 Å². The summed E-state index contributed by atoms with van der Waals surface area (Å²) in [6.07, 6.45) is 7.44. The van der Waals surface area contributed by atoms with Gasteiger partial charge in [-0.3, -0.25) is 4.68 Å². The molecule has 0 amide bonds. The van der Waals surface area contributed by atoms with Gasteiger partial charge in [0.25, 0.3) is 0 Å². The number of thiophene rings is 1. The second-order valence-corrected chi connectivity index (χ2v) is 4.16. The van der Waals surface area contributed by atoms with Gasteiger partial charge in [0.15, 0.2) is 0 Å². The van der Waals surface area contributed by atoms with Gasteiger partial charge in [-0.1, -0.05) is 12.0 Å². The maximum atomic E-state index is 8.76. The first-order valence-corrected chi connectivity index (χ1v) is 5.63. The predicted octanol–water partition coefficient (Wildman–Crippen LogP) is 2.31. The van der Waals surface area contributed by atoms with Crippen LogP contribution in [0.5, 0.6) is 0 Å². The molecule has 0 saturated carbocycles. The van der Waals surface area contributed by atoms with Gasteiger partial charge in [-0.15, -0.1) is 17.8 Å². The van der Waals surface area contributed by atoms with E-state index in [-0.39, 0.29) is 0 Å². The molecule has 0 spiro atoms. The first kappa shape index (κ1) is 10.5. The highest BCUT2D eigenvalue weighted by Crippen LogP contribution is 2.26. The summed E-state index contributed by atoms with van der Waals surface area (Å²) in [5.41, 5.74) is 1.80. The van der Waals surface area contributed by atoms with Gasteiger partial charge in [-0.05, 0) is 11.4 Å². The third kappa shape index (κ3) is 1.98. The van der Waals surface area contributed by atoms with Gasteiger partial charge in [0.05, 0.1) is 17.4 Å². The van der Waals surface area contributed by atoms with Gasteiger partial charge < -0.3 is 0 Å². The van der Waals surface area contributed by atoms with E-state index < -0.39 is 0 Å². The van der Waals surface area contributed by atoms with E-state index in [1.807, 2.05) is 23.7 Å². The van der Waals surface area contributed by atoms with Crippen LogP contribution in [0.25, 0.3) is 10.6 Å². The summed E-state index contributed by atoms with van der Waals surface area (Å²) in [5.74, 6) is 2.53. The molecule has 0 aromatic carbocycles. The van der Waals surface area contributed by atoms with Gasteiger partial charge in [0.1, 0.15) is 12.2 Å². The van der Waals surface area contributed by atoms with Crippen molar-refractivity contribution in [2.24, 2.45) is 0 Å². The Kier molecular flexibility index (Phi) is 3.05. The van der Waals surface area contributed by atoms with Gasteiger partial charge in [0.2, 0.25) is 0 Å². The van der Waals surface area contributed by atoms with E-state index in [1.165, 1.54) is 0 Å². The summed E-state index contributed by atoms with van der Waals surface area (Å²) in [6.45, 7) is 0.434. The van der Waals surface area contributed by atoms with Crippen LogP contribution in [-0.4, -0.2) is 9.78 Å². The number of nitrogens with zero attached hydrogens (tertiary/aromatic N) is 3. The Morgan fingerprint density at radius 1 is 1.56 bits per heavy atom. The molecule has 0 unspecified atom stereocenters. The highest BCUT2D eigenvalue weighted by Gasteiger charge is 2.11. The Morgan fingerprint density at radius 2 is 2.44 bits per heavy atom. The molecule has 3 nitrogen and oxygen atoms in total. The molecule has 2 aromatic rings. The molecule has 0 saturated heterocycles. The third-order valence-corrected chi connectivity index (χ3v) is 2.99. The van der Waals surface area contributed by atoms with Gasteiger partial charge in [0, 0.05) is 11.8 Å². The molecule has 0 radical (unpaired) electrons. The number of hydrogen-bond acceptors (Lipinski definition) is 3. The summed E-state index contributed by atoms with van der Waals surface area (Å²) in [7, 11) is 0. The minimum Gasteiger partial charge on any atom is -0.260 e. The summed E-state index contributed by atoms with van der Waals surface area (Å²) >= 11 is 1.61. The Balaban J connectivity index is 2.43. The average molecular weight is 227 g/mol. The van der Waals surface area contributed by atoms with Gasteiger partial charge >= 0.3 is 0 Å². The van der Waals surface area contributed by atoms with Crippen molar-refractivity contribution in [1.29, 1.82) is 5.26 Å². The summed E-state index contributed by atoms with van der Waals surface area (Å²) < 4.78 is 1.70. The van der Waals surface area contributed by atoms with Crippen LogP contribution < -0.4 is 0 Å². The standard InChI is InChI=1S/C12H9N3S/c1-2-7-15-9-10(5-6-13)12(14-15)11-4-3-8-16-11/h1,3-4,8-9H,5,7H2. The molecule has 0 aliphatic heterocycles. The number of rotatable bonds is 3. The number of hydrogen-bond donors (Lipinski definition) is 0. The molecular formula is C12H9N3S. The highest BCUT2D eigenvalue weighted by atomic mass is 32.1. The van der Waals surface area contributed by atoms with E-state index in [0.717, 1.165) is 16.1 Å². The Hall–Kier alpha value is -2.04. The topological polar surface area (TPSA) is 41.6 Å². The molecule has 0 bridgehead atoms. The first-order valence-electron chi connectivity index (χ1n) is 4.75. The lowest BCUT2D eigenvalue weighted by atomic mass is 10.2. The van der Waals surface area contributed by atoms with Crippen LogP contribution in [0.2, 0.25) is 0 Å². The molecular weight excluding hydrogens is 218 g/mol. The first-order chi connectivity index (χ1) is 7.85. The fourth-order valence-electron chi connectivity index (χ4n) is 1.47. The molecule has 0 atom stereocenters. The van der Waals surface area contributed by atoms with E-state index >= 15 is 0 Å². The van der Waals surface area contributed by atoms with E-state index in [2.05, 4.69) is 17.1 Å². The van der Waals surface area contributed by atoms with Crippen molar-refractivity contribution in [3.05, 3.63) is 29.3 Å². The zero-order chi connectivity index (χ0) is 11.4. The van der Waals surface area contributed by atoms with Crippen LogP contribution in [0.15, 0.2) is 23.7 Å². The number of terminal acetylenes is 1. The monoisotopic (exact) mass is 227 g/mol. The van der Waals surface area contributed by atoms with Crippen molar-refractivity contribution in [2.45, 2.75) is 13.0 Å². The van der Waals surface area contributed by atoms with E-state index in [0.29, 0.717) is 13.0 Å². The second kappa shape index (κ2) is 4.65. The second-order valence-electron chi connectivity index (χ2n) is 3.22. The number of aromatic nitrogens is 2. The molecule has 2 aromatic heterocycles. The highest BCUT2D eigenvalue weighted by molar-refractivity contribution is 7.13. The maximum absolute atomic E-state index is 8.76. The van der Waals surface area contributed by atoms with Crippen molar-refractivity contribution >= 4 is 11.3 Å². The van der Waals surface area contributed by atoms with Crippen molar-refractivity contribution in [3.8, 4) is 29.0 Å². The molecule has 0 aliphatic carbocycles. The SMILES string of the molecule is C#CCn1cc(CC#N)c(-c2cccs2)n1. The Morgan fingerprint density at radius 3 is 3.06 bits per heavy atom. The summed E-state index contributed by atoms with van der Waals surface area (Å²) in [6, 6.07) is 6.10. The van der Waals surface area contributed by atoms with Crippen LogP contribution >= 0.6 is 11.3 Å². The van der Waals surface area contributed by atoms with E-state index in [4.69, 9.17) is 11.7 Å². The molecule has 0 N–H and O–H groups in total. The molecule has 4 heteroatoms. The molecule has 78 valence electrons. The quantitative estimate of drug-likeness (QED) is 0.755. The van der Waals surface area contributed by atoms with E-state index in [9.17, 15) is 0 Å². The van der Waals surface area contributed by atoms with Crippen molar-refractivity contribution in [1.82, 2.24) is 9.78 Å². The molecule has 0 fully saturated rings. The third-order valence-electron chi connectivity index (χ3n) is 2.11. The van der Waals surface area contributed by atoms with Crippen molar-refractivity contribution in [3.63, 3.8) is 0 Å². The lowest BCUT2D eigenvalue weighted by Gasteiger charge is -1.93. The molecule has 0 aliphatic rings. The predicted molar refractivity (Wildman–Crippen MR) is 63.7 cm³/mol. The van der Waals surface area contributed by atoms with Crippen molar-refractivity contribution in [2.75, 3.05) is 0 Å². The zero-order valence-electron chi connectivity index (χ0n) is 8.55. The van der Waals surface area contributed by atoms with Gasteiger partial charge in [-0.25, -0.2) is 0 Å². The molecule has 2 heterocycles. The maximum Gasteiger partial charge on any atom is 0.107 e. The fourth-order valence-corrected chi connectivity index (χ4v) is 2.22. The lowest BCUT2D eigenvalue weighted by molar-refractivity contribution is 0.718. The smallest absolute Gasteiger partial charge is 0.107 e. The van der Waals surface area contributed by atoms with Crippen LogP contribution in [0.3, 0.4) is 0 Å². The van der Waals surface area contributed by atoms with Crippen LogP contribution in [0, 0.1) is 23.7 Å². The average Bonchev–Trinajstić information content (AvgIpc) is 2.87. The minimum absolute atomic E-state index is 0.359. The normalized spacial score (nSPS) is 9.62. The summed E-state index contributed by atoms with van der Waals surface area (Å²) in [5, 5.41) is 15.1.